The minimum absolute atomic E-state index is 0.370. The van der Waals surface area contributed by atoms with Crippen LogP contribution in [0.15, 0.2) is 12.4 Å². The maximum Gasteiger partial charge on any atom is 0.218 e. The van der Waals surface area contributed by atoms with Gasteiger partial charge in [-0.05, 0) is 37.0 Å². The second-order valence-corrected chi connectivity index (χ2v) is 7.43. The van der Waals surface area contributed by atoms with E-state index in [4.69, 9.17) is 4.74 Å². The van der Waals surface area contributed by atoms with E-state index in [1.165, 1.54) is 19.3 Å². The zero-order valence-electron chi connectivity index (χ0n) is 13.4. The Bertz CT molecular complexity index is 441. The molecule has 112 valence electrons. The van der Waals surface area contributed by atoms with E-state index in [0.29, 0.717) is 29.4 Å². The van der Waals surface area contributed by atoms with Gasteiger partial charge in [-0.25, -0.2) is 9.97 Å². The molecule has 4 heteroatoms. The average Bonchev–Trinajstić information content (AvgIpc) is 2.25. The van der Waals surface area contributed by atoms with E-state index in [-0.39, 0.29) is 0 Å². The maximum absolute atomic E-state index is 5.43. The maximum atomic E-state index is 5.43. The summed E-state index contributed by atoms with van der Waals surface area (Å²) in [6.07, 6.45) is 5.17. The van der Waals surface area contributed by atoms with E-state index in [1.807, 2.05) is 13.0 Å². The van der Waals surface area contributed by atoms with Crippen molar-refractivity contribution >= 4 is 5.82 Å². The van der Waals surface area contributed by atoms with Gasteiger partial charge >= 0.3 is 0 Å². The molecule has 1 saturated carbocycles. The van der Waals surface area contributed by atoms with E-state index >= 15 is 0 Å². The van der Waals surface area contributed by atoms with Crippen molar-refractivity contribution in [2.24, 2.45) is 10.8 Å². The Labute approximate surface area is 122 Å². The first-order valence-electron chi connectivity index (χ1n) is 7.51. The van der Waals surface area contributed by atoms with Crippen molar-refractivity contribution in [3.63, 3.8) is 0 Å². The second-order valence-electron chi connectivity index (χ2n) is 7.43. The highest BCUT2D eigenvalue weighted by molar-refractivity contribution is 5.38. The molecule has 1 aliphatic rings. The molecule has 1 aliphatic carbocycles. The predicted molar refractivity (Wildman–Crippen MR) is 82.0 cm³/mol. The zero-order chi connectivity index (χ0) is 14.8. The van der Waals surface area contributed by atoms with Crippen molar-refractivity contribution in [3.8, 4) is 5.88 Å². The lowest BCUT2D eigenvalue weighted by Gasteiger charge is -2.45. The summed E-state index contributed by atoms with van der Waals surface area (Å²) in [7, 11) is 0. The molecule has 0 atom stereocenters. The topological polar surface area (TPSA) is 47.0 Å². The fraction of sp³-hybridized carbons (Fsp3) is 0.750. The Morgan fingerprint density at radius 2 is 1.85 bits per heavy atom. The summed E-state index contributed by atoms with van der Waals surface area (Å²) in [5, 5.41) is 3.56. The molecule has 0 spiro atoms. The Morgan fingerprint density at radius 1 is 1.20 bits per heavy atom. The Kier molecular flexibility index (Phi) is 4.21. The zero-order valence-corrected chi connectivity index (χ0v) is 13.4. The Hall–Kier alpha value is -1.32. The van der Waals surface area contributed by atoms with Crippen LogP contribution in [0, 0.1) is 10.8 Å². The van der Waals surface area contributed by atoms with Gasteiger partial charge in [0, 0.05) is 12.1 Å². The highest BCUT2D eigenvalue weighted by Gasteiger charge is 2.38. The van der Waals surface area contributed by atoms with E-state index in [2.05, 4.69) is 43.0 Å². The van der Waals surface area contributed by atoms with E-state index in [9.17, 15) is 0 Å². The molecule has 0 unspecified atom stereocenters. The first-order chi connectivity index (χ1) is 9.30. The molecule has 1 fully saturated rings. The fourth-order valence-electron chi connectivity index (χ4n) is 3.80. The number of hydrogen-bond donors (Lipinski definition) is 1. The van der Waals surface area contributed by atoms with Gasteiger partial charge in [0.15, 0.2) is 0 Å². The molecule has 1 aromatic rings. The minimum Gasteiger partial charge on any atom is -0.478 e. The number of nitrogens with zero attached hydrogens (tertiary/aromatic N) is 2. The summed E-state index contributed by atoms with van der Waals surface area (Å²) in [4.78, 5) is 8.42. The average molecular weight is 277 g/mol. The smallest absolute Gasteiger partial charge is 0.218 e. The van der Waals surface area contributed by atoms with Crippen molar-refractivity contribution < 1.29 is 4.74 Å². The molecule has 1 N–H and O–H groups in total. The predicted octanol–water partition coefficient (Wildman–Crippen LogP) is 3.89. The highest BCUT2D eigenvalue weighted by Crippen LogP contribution is 2.46. The molecule has 0 radical (unpaired) electrons. The van der Waals surface area contributed by atoms with E-state index in [1.54, 1.807) is 6.33 Å². The van der Waals surface area contributed by atoms with Crippen LogP contribution in [0.3, 0.4) is 0 Å². The number of aromatic nitrogens is 2. The van der Waals surface area contributed by atoms with Crippen LogP contribution in [0.4, 0.5) is 5.82 Å². The van der Waals surface area contributed by atoms with Crippen molar-refractivity contribution in [2.75, 3.05) is 11.9 Å². The molecule has 20 heavy (non-hydrogen) atoms. The lowest BCUT2D eigenvalue weighted by atomic mass is 9.63. The van der Waals surface area contributed by atoms with E-state index in [0.717, 1.165) is 5.82 Å². The van der Waals surface area contributed by atoms with Crippen LogP contribution in [0.1, 0.15) is 53.9 Å². The third-order valence-electron chi connectivity index (χ3n) is 3.84. The number of ether oxygens (including phenoxy) is 1. The van der Waals surface area contributed by atoms with Gasteiger partial charge < -0.3 is 10.1 Å². The monoisotopic (exact) mass is 277 g/mol. The molecule has 0 aromatic carbocycles. The van der Waals surface area contributed by atoms with Gasteiger partial charge in [-0.15, -0.1) is 0 Å². The first-order valence-corrected chi connectivity index (χ1v) is 7.51. The van der Waals surface area contributed by atoms with Crippen LogP contribution < -0.4 is 10.1 Å². The van der Waals surface area contributed by atoms with Crippen molar-refractivity contribution in [1.29, 1.82) is 0 Å². The number of rotatable bonds is 4. The molecule has 1 aromatic heterocycles. The van der Waals surface area contributed by atoms with Gasteiger partial charge in [-0.1, -0.05) is 27.7 Å². The lowest BCUT2D eigenvalue weighted by Crippen LogP contribution is -2.40. The van der Waals surface area contributed by atoms with Crippen molar-refractivity contribution in [2.45, 2.75) is 59.9 Å². The first kappa shape index (κ1) is 15.1. The molecule has 0 saturated heterocycles. The second kappa shape index (κ2) is 5.58. The molecule has 4 nitrogen and oxygen atoms in total. The number of nitrogens with one attached hydrogen (secondary N) is 1. The molecule has 2 rings (SSSR count). The van der Waals surface area contributed by atoms with E-state index < -0.39 is 0 Å². The molecule has 0 amide bonds. The molecule has 0 bridgehead atoms. The summed E-state index contributed by atoms with van der Waals surface area (Å²) in [5.41, 5.74) is 0.740. The molecular weight excluding hydrogens is 250 g/mol. The summed E-state index contributed by atoms with van der Waals surface area (Å²) in [6, 6.07) is 2.34. The van der Waals surface area contributed by atoms with Gasteiger partial charge in [0.05, 0.1) is 6.61 Å². The van der Waals surface area contributed by atoms with Gasteiger partial charge in [0.2, 0.25) is 5.88 Å². The normalized spacial score (nSPS) is 21.4. The minimum atomic E-state index is 0.370. The fourth-order valence-corrected chi connectivity index (χ4v) is 3.80. The standard InChI is InChI=1S/C16H27N3O/c1-6-20-14-7-13(17-11-18-14)19-12-8-15(2,3)10-16(4,5)9-12/h7,11-12H,6,8-10H2,1-5H3,(H,17,18,19). The van der Waals surface area contributed by atoms with Crippen molar-refractivity contribution in [3.05, 3.63) is 12.4 Å². The number of anilines is 1. The van der Waals surface area contributed by atoms with Crippen LogP contribution in [0.25, 0.3) is 0 Å². The molecule has 0 aliphatic heterocycles. The van der Waals surface area contributed by atoms with Gasteiger partial charge in [-0.2, -0.15) is 0 Å². The third-order valence-corrected chi connectivity index (χ3v) is 3.84. The highest BCUT2D eigenvalue weighted by atomic mass is 16.5. The van der Waals surface area contributed by atoms with Crippen LogP contribution >= 0.6 is 0 Å². The van der Waals surface area contributed by atoms with Crippen LogP contribution in [-0.4, -0.2) is 22.6 Å². The summed E-state index contributed by atoms with van der Waals surface area (Å²) < 4.78 is 5.43. The van der Waals surface area contributed by atoms with Crippen LogP contribution in [0.5, 0.6) is 5.88 Å². The number of hydrogen-bond acceptors (Lipinski definition) is 4. The van der Waals surface area contributed by atoms with Crippen LogP contribution in [0.2, 0.25) is 0 Å². The van der Waals surface area contributed by atoms with Gasteiger partial charge in [0.1, 0.15) is 12.1 Å². The van der Waals surface area contributed by atoms with Gasteiger partial charge in [-0.3, -0.25) is 0 Å². The molecular formula is C16H27N3O. The summed E-state index contributed by atoms with van der Waals surface area (Å²) in [5.74, 6) is 1.50. The lowest BCUT2D eigenvalue weighted by molar-refractivity contribution is 0.105. The molecule has 1 heterocycles. The SMILES string of the molecule is CCOc1cc(NC2CC(C)(C)CC(C)(C)C2)ncn1. The summed E-state index contributed by atoms with van der Waals surface area (Å²) in [6.45, 7) is 12.0. The quantitative estimate of drug-likeness (QED) is 0.907. The summed E-state index contributed by atoms with van der Waals surface area (Å²) >= 11 is 0. The Balaban J connectivity index is 2.07. The largest absolute Gasteiger partial charge is 0.478 e. The third kappa shape index (κ3) is 4.09. The Morgan fingerprint density at radius 3 is 2.45 bits per heavy atom. The van der Waals surface area contributed by atoms with Crippen molar-refractivity contribution in [1.82, 2.24) is 9.97 Å². The van der Waals surface area contributed by atoms with Crippen LogP contribution in [-0.2, 0) is 0 Å². The van der Waals surface area contributed by atoms with Gasteiger partial charge in [0.25, 0.3) is 0 Å².